The maximum absolute atomic E-state index is 4.72. The van der Waals surface area contributed by atoms with Crippen LogP contribution in [-0.4, -0.2) is 35.3 Å². The maximum atomic E-state index is 4.72. The summed E-state index contributed by atoms with van der Waals surface area (Å²) in [5.74, 6) is 1.86. The second-order valence-electron chi connectivity index (χ2n) is 6.49. The molecule has 1 aliphatic rings. The van der Waals surface area contributed by atoms with E-state index in [0.717, 1.165) is 37.8 Å². The lowest BCUT2D eigenvalue weighted by molar-refractivity contribution is 0.329. The smallest absolute Gasteiger partial charge is 0.191 e. The van der Waals surface area contributed by atoms with Crippen LogP contribution in [0.4, 0.5) is 0 Å². The summed E-state index contributed by atoms with van der Waals surface area (Å²) in [7, 11) is 0. The van der Waals surface area contributed by atoms with E-state index < -0.39 is 0 Å². The summed E-state index contributed by atoms with van der Waals surface area (Å²) in [4.78, 5) is 4.72. The number of guanidine groups is 1. The minimum atomic E-state index is 0.588. The van der Waals surface area contributed by atoms with Gasteiger partial charge in [-0.15, -0.1) is 0 Å². The third-order valence-corrected chi connectivity index (χ3v) is 4.51. The molecule has 1 aromatic heterocycles. The monoisotopic (exact) mass is 305 g/mol. The zero-order valence-electron chi connectivity index (χ0n) is 14.3. The molecule has 124 valence electrons. The van der Waals surface area contributed by atoms with Gasteiger partial charge in [0.05, 0.1) is 6.20 Å². The van der Waals surface area contributed by atoms with Crippen molar-refractivity contribution in [2.45, 2.75) is 65.3 Å². The van der Waals surface area contributed by atoms with Gasteiger partial charge in [0.2, 0.25) is 0 Å². The fourth-order valence-electron chi connectivity index (χ4n) is 3.01. The molecule has 0 amide bonds. The SMILES string of the molecule is CCNC(=NCCCc1cn[nH]c1C)NC1CCC(C)CC1. The molecule has 1 fully saturated rings. The molecule has 2 rings (SSSR count). The molecule has 0 spiro atoms. The molecule has 5 heteroatoms. The Balaban J connectivity index is 1.75. The lowest BCUT2D eigenvalue weighted by atomic mass is 9.87. The number of aliphatic imine (C=N–C) groups is 1. The average molecular weight is 305 g/mol. The molecule has 0 aromatic carbocycles. The number of aromatic amines is 1. The van der Waals surface area contributed by atoms with E-state index in [1.165, 1.54) is 36.9 Å². The molecule has 3 N–H and O–H groups in total. The van der Waals surface area contributed by atoms with E-state index in [0.29, 0.717) is 6.04 Å². The Labute approximate surface area is 134 Å². The summed E-state index contributed by atoms with van der Waals surface area (Å²) < 4.78 is 0. The normalized spacial score (nSPS) is 22.6. The van der Waals surface area contributed by atoms with Gasteiger partial charge in [-0.25, -0.2) is 0 Å². The Morgan fingerprint density at radius 3 is 2.77 bits per heavy atom. The van der Waals surface area contributed by atoms with Crippen LogP contribution in [-0.2, 0) is 6.42 Å². The molecule has 1 saturated carbocycles. The van der Waals surface area contributed by atoms with Gasteiger partial charge >= 0.3 is 0 Å². The van der Waals surface area contributed by atoms with E-state index in [2.05, 4.69) is 41.6 Å². The highest BCUT2D eigenvalue weighted by atomic mass is 15.2. The number of nitrogens with one attached hydrogen (secondary N) is 3. The Bertz CT molecular complexity index is 457. The van der Waals surface area contributed by atoms with E-state index in [9.17, 15) is 0 Å². The Hall–Kier alpha value is -1.52. The second-order valence-corrected chi connectivity index (χ2v) is 6.49. The fourth-order valence-corrected chi connectivity index (χ4v) is 3.01. The van der Waals surface area contributed by atoms with Gasteiger partial charge in [0.25, 0.3) is 0 Å². The zero-order valence-corrected chi connectivity index (χ0v) is 14.3. The van der Waals surface area contributed by atoms with E-state index >= 15 is 0 Å². The van der Waals surface area contributed by atoms with E-state index in [-0.39, 0.29) is 0 Å². The third kappa shape index (κ3) is 5.35. The molecule has 5 nitrogen and oxygen atoms in total. The van der Waals surface area contributed by atoms with Crippen LogP contribution in [0.1, 0.15) is 57.2 Å². The Morgan fingerprint density at radius 2 is 2.14 bits per heavy atom. The maximum Gasteiger partial charge on any atom is 0.191 e. The van der Waals surface area contributed by atoms with Crippen LogP contribution in [0.3, 0.4) is 0 Å². The van der Waals surface area contributed by atoms with Gasteiger partial charge in [-0.1, -0.05) is 6.92 Å². The topological polar surface area (TPSA) is 65.1 Å². The van der Waals surface area contributed by atoms with Gasteiger partial charge in [-0.3, -0.25) is 10.1 Å². The van der Waals surface area contributed by atoms with Crippen molar-refractivity contribution in [1.29, 1.82) is 0 Å². The van der Waals surface area contributed by atoms with Crippen LogP contribution in [0, 0.1) is 12.8 Å². The summed E-state index contributed by atoms with van der Waals surface area (Å²) in [5.41, 5.74) is 2.47. The highest BCUT2D eigenvalue weighted by Crippen LogP contribution is 2.23. The van der Waals surface area contributed by atoms with Crippen LogP contribution in [0.2, 0.25) is 0 Å². The van der Waals surface area contributed by atoms with Crippen molar-refractivity contribution >= 4 is 5.96 Å². The molecule has 1 heterocycles. The Morgan fingerprint density at radius 1 is 1.36 bits per heavy atom. The first-order valence-corrected chi connectivity index (χ1v) is 8.72. The van der Waals surface area contributed by atoms with Gasteiger partial charge in [-0.05, 0) is 63.9 Å². The van der Waals surface area contributed by atoms with Crippen molar-refractivity contribution in [3.05, 3.63) is 17.5 Å². The second kappa shape index (κ2) is 8.81. The van der Waals surface area contributed by atoms with Gasteiger partial charge in [0.1, 0.15) is 0 Å². The van der Waals surface area contributed by atoms with Gasteiger partial charge in [0, 0.05) is 24.8 Å². The van der Waals surface area contributed by atoms with E-state index in [4.69, 9.17) is 4.99 Å². The van der Waals surface area contributed by atoms with Crippen LogP contribution in [0.15, 0.2) is 11.2 Å². The predicted molar refractivity (Wildman–Crippen MR) is 92.2 cm³/mol. The van der Waals surface area contributed by atoms with Gasteiger partial charge in [-0.2, -0.15) is 5.10 Å². The van der Waals surface area contributed by atoms with Crippen molar-refractivity contribution in [3.8, 4) is 0 Å². The number of hydrogen-bond acceptors (Lipinski definition) is 2. The molecule has 1 aliphatic carbocycles. The minimum Gasteiger partial charge on any atom is -0.357 e. The molecular weight excluding hydrogens is 274 g/mol. The standard InChI is InChI=1S/C17H31N5/c1-4-18-17(21-16-9-7-13(2)8-10-16)19-11-5-6-15-12-20-22-14(15)3/h12-13,16H,4-11H2,1-3H3,(H,20,22)(H2,18,19,21). The van der Waals surface area contributed by atoms with Crippen LogP contribution in [0.25, 0.3) is 0 Å². The number of hydrogen-bond donors (Lipinski definition) is 3. The summed E-state index contributed by atoms with van der Waals surface area (Å²) in [6.45, 7) is 8.31. The number of nitrogens with zero attached hydrogens (tertiary/aromatic N) is 2. The van der Waals surface area contributed by atoms with E-state index in [1.807, 2.05) is 6.20 Å². The minimum absolute atomic E-state index is 0.588. The van der Waals surface area contributed by atoms with E-state index in [1.54, 1.807) is 0 Å². The summed E-state index contributed by atoms with van der Waals surface area (Å²) in [6, 6.07) is 0.588. The first kappa shape index (κ1) is 16.8. The molecule has 0 bridgehead atoms. The highest BCUT2D eigenvalue weighted by Gasteiger charge is 2.18. The fraction of sp³-hybridized carbons (Fsp3) is 0.765. The highest BCUT2D eigenvalue weighted by molar-refractivity contribution is 5.80. The predicted octanol–water partition coefficient (Wildman–Crippen LogP) is 2.78. The Kier molecular flexibility index (Phi) is 6.74. The zero-order chi connectivity index (χ0) is 15.8. The number of aryl methyl sites for hydroxylation is 2. The van der Waals surface area contributed by atoms with Crippen molar-refractivity contribution < 1.29 is 0 Å². The molecule has 0 aliphatic heterocycles. The first-order chi connectivity index (χ1) is 10.7. The molecule has 0 radical (unpaired) electrons. The molecule has 22 heavy (non-hydrogen) atoms. The lowest BCUT2D eigenvalue weighted by Gasteiger charge is -2.28. The average Bonchev–Trinajstić information content (AvgIpc) is 2.91. The van der Waals surface area contributed by atoms with Crippen molar-refractivity contribution in [1.82, 2.24) is 20.8 Å². The molecule has 0 unspecified atom stereocenters. The quantitative estimate of drug-likeness (QED) is 0.430. The van der Waals surface area contributed by atoms with Gasteiger partial charge < -0.3 is 10.6 Å². The number of H-pyrrole nitrogens is 1. The molecule has 1 aromatic rings. The van der Waals surface area contributed by atoms with Gasteiger partial charge in [0.15, 0.2) is 5.96 Å². The molecule has 0 saturated heterocycles. The lowest BCUT2D eigenvalue weighted by Crippen LogP contribution is -2.44. The van der Waals surface area contributed by atoms with Crippen molar-refractivity contribution in [2.24, 2.45) is 10.9 Å². The van der Waals surface area contributed by atoms with Crippen LogP contribution >= 0.6 is 0 Å². The van der Waals surface area contributed by atoms with Crippen LogP contribution in [0.5, 0.6) is 0 Å². The number of rotatable bonds is 6. The number of aromatic nitrogens is 2. The molecular formula is C17H31N5. The third-order valence-electron chi connectivity index (χ3n) is 4.51. The van der Waals surface area contributed by atoms with Crippen molar-refractivity contribution in [2.75, 3.05) is 13.1 Å². The van der Waals surface area contributed by atoms with Crippen LogP contribution < -0.4 is 10.6 Å². The molecule has 0 atom stereocenters. The van der Waals surface area contributed by atoms with Crippen molar-refractivity contribution in [3.63, 3.8) is 0 Å². The summed E-state index contributed by atoms with van der Waals surface area (Å²) in [6.07, 6.45) is 9.20. The summed E-state index contributed by atoms with van der Waals surface area (Å²) in [5, 5.41) is 14.0. The first-order valence-electron chi connectivity index (χ1n) is 8.72. The summed E-state index contributed by atoms with van der Waals surface area (Å²) >= 11 is 0. The largest absolute Gasteiger partial charge is 0.357 e.